The summed E-state index contributed by atoms with van der Waals surface area (Å²) in [6.07, 6.45) is 0. The summed E-state index contributed by atoms with van der Waals surface area (Å²) in [5.41, 5.74) is 3.29. The summed E-state index contributed by atoms with van der Waals surface area (Å²) in [7, 11) is 4.04. The molecule has 0 heterocycles. The zero-order valence-electron chi connectivity index (χ0n) is 12.8. The summed E-state index contributed by atoms with van der Waals surface area (Å²) in [5.74, 6) is 0.704. The number of nitrogens with zero attached hydrogens (tertiary/aromatic N) is 1. The van der Waals surface area contributed by atoms with Crippen LogP contribution in [0.25, 0.3) is 0 Å². The SMILES string of the molecule is CCOc1cc(CNc2ccc(N(C)C)cc2)ccc1O. The first kappa shape index (κ1) is 15.0. The van der Waals surface area contributed by atoms with Crippen LogP contribution in [0.4, 0.5) is 11.4 Å². The molecule has 4 nitrogen and oxygen atoms in total. The molecule has 0 radical (unpaired) electrons. The molecule has 0 atom stereocenters. The molecule has 21 heavy (non-hydrogen) atoms. The number of ether oxygens (including phenoxy) is 1. The van der Waals surface area contributed by atoms with Crippen molar-refractivity contribution >= 4 is 11.4 Å². The summed E-state index contributed by atoms with van der Waals surface area (Å²) in [4.78, 5) is 2.07. The largest absolute Gasteiger partial charge is 0.504 e. The van der Waals surface area contributed by atoms with Crippen molar-refractivity contribution in [3.8, 4) is 11.5 Å². The van der Waals surface area contributed by atoms with E-state index >= 15 is 0 Å². The van der Waals surface area contributed by atoms with Crippen LogP contribution in [0.3, 0.4) is 0 Å². The number of hydrogen-bond acceptors (Lipinski definition) is 4. The Hall–Kier alpha value is -2.36. The first-order chi connectivity index (χ1) is 10.1. The van der Waals surface area contributed by atoms with Gasteiger partial charge in [0.1, 0.15) is 0 Å². The topological polar surface area (TPSA) is 44.7 Å². The Kier molecular flexibility index (Phi) is 4.93. The molecule has 4 heteroatoms. The number of benzene rings is 2. The minimum atomic E-state index is 0.177. The van der Waals surface area contributed by atoms with Gasteiger partial charge in [0.2, 0.25) is 0 Å². The van der Waals surface area contributed by atoms with Crippen LogP contribution in [0.15, 0.2) is 42.5 Å². The second-order valence-corrected chi connectivity index (χ2v) is 5.03. The van der Waals surface area contributed by atoms with Crippen molar-refractivity contribution in [2.45, 2.75) is 13.5 Å². The normalized spacial score (nSPS) is 10.2. The zero-order valence-corrected chi connectivity index (χ0v) is 12.8. The van der Waals surface area contributed by atoms with Gasteiger partial charge in [0.15, 0.2) is 11.5 Å². The van der Waals surface area contributed by atoms with Crippen molar-refractivity contribution in [2.24, 2.45) is 0 Å². The molecular formula is C17H22N2O2. The molecule has 0 spiro atoms. The Bertz CT molecular complexity index is 580. The van der Waals surface area contributed by atoms with Crippen LogP contribution in [0, 0.1) is 0 Å². The molecule has 0 saturated heterocycles. The predicted molar refractivity (Wildman–Crippen MR) is 87.4 cm³/mol. The van der Waals surface area contributed by atoms with E-state index in [-0.39, 0.29) is 5.75 Å². The maximum absolute atomic E-state index is 9.68. The van der Waals surface area contributed by atoms with Gasteiger partial charge in [-0.05, 0) is 48.9 Å². The third kappa shape index (κ3) is 4.05. The average Bonchev–Trinajstić information content (AvgIpc) is 2.48. The fourth-order valence-corrected chi connectivity index (χ4v) is 2.02. The van der Waals surface area contributed by atoms with Crippen molar-refractivity contribution in [1.29, 1.82) is 0 Å². The van der Waals surface area contributed by atoms with Gasteiger partial charge >= 0.3 is 0 Å². The maximum atomic E-state index is 9.68. The lowest BCUT2D eigenvalue weighted by Gasteiger charge is -2.14. The minimum absolute atomic E-state index is 0.177. The third-order valence-corrected chi connectivity index (χ3v) is 3.20. The number of nitrogens with one attached hydrogen (secondary N) is 1. The summed E-state index contributed by atoms with van der Waals surface area (Å²) >= 11 is 0. The van der Waals surface area contributed by atoms with Crippen molar-refractivity contribution < 1.29 is 9.84 Å². The van der Waals surface area contributed by atoms with E-state index in [2.05, 4.69) is 34.5 Å². The summed E-state index contributed by atoms with van der Waals surface area (Å²) in [6.45, 7) is 3.12. The molecule has 2 rings (SSSR count). The monoisotopic (exact) mass is 286 g/mol. The van der Waals surface area contributed by atoms with E-state index in [9.17, 15) is 5.11 Å². The summed E-state index contributed by atoms with van der Waals surface area (Å²) in [6, 6.07) is 13.7. The Morgan fingerprint density at radius 3 is 2.43 bits per heavy atom. The van der Waals surface area contributed by atoms with Crippen molar-refractivity contribution in [1.82, 2.24) is 0 Å². The predicted octanol–water partition coefficient (Wildman–Crippen LogP) is 3.47. The Morgan fingerprint density at radius 1 is 1.10 bits per heavy atom. The van der Waals surface area contributed by atoms with Crippen LogP contribution >= 0.6 is 0 Å². The van der Waals surface area contributed by atoms with Gasteiger partial charge in [-0.15, -0.1) is 0 Å². The molecule has 0 aliphatic carbocycles. The highest BCUT2D eigenvalue weighted by Crippen LogP contribution is 2.27. The molecule has 0 saturated carbocycles. The second kappa shape index (κ2) is 6.88. The van der Waals surface area contributed by atoms with Gasteiger partial charge in [-0.25, -0.2) is 0 Å². The van der Waals surface area contributed by atoms with Gasteiger partial charge in [-0.1, -0.05) is 6.07 Å². The highest BCUT2D eigenvalue weighted by molar-refractivity contribution is 5.54. The zero-order chi connectivity index (χ0) is 15.2. The maximum Gasteiger partial charge on any atom is 0.161 e. The van der Waals surface area contributed by atoms with Crippen LogP contribution < -0.4 is 15.0 Å². The van der Waals surface area contributed by atoms with Gasteiger partial charge in [0.05, 0.1) is 6.61 Å². The van der Waals surface area contributed by atoms with Crippen LogP contribution in [0.2, 0.25) is 0 Å². The number of rotatable bonds is 6. The molecular weight excluding hydrogens is 264 g/mol. The molecule has 0 aliphatic heterocycles. The molecule has 0 fully saturated rings. The van der Waals surface area contributed by atoms with Crippen molar-refractivity contribution in [2.75, 3.05) is 30.9 Å². The second-order valence-electron chi connectivity index (χ2n) is 5.03. The van der Waals surface area contributed by atoms with Crippen LogP contribution in [0.1, 0.15) is 12.5 Å². The van der Waals surface area contributed by atoms with E-state index in [1.54, 1.807) is 6.07 Å². The van der Waals surface area contributed by atoms with E-state index in [0.717, 1.165) is 11.3 Å². The van der Waals surface area contributed by atoms with E-state index in [0.29, 0.717) is 18.9 Å². The number of phenolic OH excluding ortho intramolecular Hbond substituents is 1. The number of phenols is 1. The number of anilines is 2. The van der Waals surface area contributed by atoms with Gasteiger partial charge in [0, 0.05) is 32.0 Å². The molecule has 0 bridgehead atoms. The van der Waals surface area contributed by atoms with Crippen LogP contribution in [-0.4, -0.2) is 25.8 Å². The lowest BCUT2D eigenvalue weighted by Crippen LogP contribution is -2.08. The Labute approximate surface area is 126 Å². The fraction of sp³-hybridized carbons (Fsp3) is 0.294. The van der Waals surface area contributed by atoms with E-state index in [1.165, 1.54) is 5.69 Å². The lowest BCUT2D eigenvalue weighted by molar-refractivity contribution is 0.318. The fourth-order valence-electron chi connectivity index (χ4n) is 2.02. The molecule has 0 aromatic heterocycles. The van der Waals surface area contributed by atoms with Gasteiger partial charge in [-0.2, -0.15) is 0 Å². The summed E-state index contributed by atoms with van der Waals surface area (Å²) < 4.78 is 5.39. The molecule has 0 amide bonds. The first-order valence-electron chi connectivity index (χ1n) is 7.06. The average molecular weight is 286 g/mol. The van der Waals surface area contributed by atoms with E-state index in [4.69, 9.17) is 4.74 Å². The van der Waals surface area contributed by atoms with Gasteiger partial charge < -0.3 is 20.1 Å². The molecule has 112 valence electrons. The molecule has 2 N–H and O–H groups in total. The smallest absolute Gasteiger partial charge is 0.161 e. The first-order valence-corrected chi connectivity index (χ1v) is 7.06. The molecule has 2 aromatic carbocycles. The molecule has 2 aromatic rings. The quantitative estimate of drug-likeness (QED) is 0.853. The molecule has 0 aliphatic rings. The van der Waals surface area contributed by atoms with Crippen molar-refractivity contribution in [3.63, 3.8) is 0 Å². The summed E-state index contributed by atoms with van der Waals surface area (Å²) in [5, 5.41) is 13.0. The Balaban J connectivity index is 2.00. The Morgan fingerprint density at radius 2 is 1.81 bits per heavy atom. The highest BCUT2D eigenvalue weighted by atomic mass is 16.5. The highest BCUT2D eigenvalue weighted by Gasteiger charge is 2.03. The van der Waals surface area contributed by atoms with Crippen LogP contribution in [0.5, 0.6) is 11.5 Å². The molecule has 0 unspecified atom stereocenters. The standard InChI is InChI=1S/C17H22N2O2/c1-4-21-17-11-13(5-10-16(17)20)12-18-14-6-8-15(9-7-14)19(2)3/h5-11,18,20H,4,12H2,1-3H3. The van der Waals surface area contributed by atoms with Gasteiger partial charge in [0.25, 0.3) is 0 Å². The van der Waals surface area contributed by atoms with Crippen molar-refractivity contribution in [3.05, 3.63) is 48.0 Å². The number of hydrogen-bond donors (Lipinski definition) is 2. The van der Waals surface area contributed by atoms with E-state index < -0.39 is 0 Å². The lowest BCUT2D eigenvalue weighted by atomic mass is 10.2. The van der Waals surface area contributed by atoms with Gasteiger partial charge in [-0.3, -0.25) is 0 Å². The van der Waals surface area contributed by atoms with Crippen LogP contribution in [-0.2, 0) is 6.54 Å². The van der Waals surface area contributed by atoms with E-state index in [1.807, 2.05) is 33.2 Å². The number of aromatic hydroxyl groups is 1. The third-order valence-electron chi connectivity index (χ3n) is 3.20. The minimum Gasteiger partial charge on any atom is -0.504 e.